The summed E-state index contributed by atoms with van der Waals surface area (Å²) >= 11 is 7.92. The smallest absolute Gasteiger partial charge is 0.151 e. The Labute approximate surface area is 95.8 Å². The highest BCUT2D eigenvalue weighted by atomic mass is 127. The van der Waals surface area contributed by atoms with Gasteiger partial charge in [-0.3, -0.25) is 0 Å². The average Bonchev–Trinajstić information content (AvgIpc) is 2.86. The van der Waals surface area contributed by atoms with Gasteiger partial charge in [-0.2, -0.15) is 0 Å². The molecule has 1 aromatic rings. The third-order valence-electron chi connectivity index (χ3n) is 1.96. The van der Waals surface area contributed by atoms with Gasteiger partial charge in [0.25, 0.3) is 0 Å². The van der Waals surface area contributed by atoms with Gasteiger partial charge >= 0.3 is 0 Å². The van der Waals surface area contributed by atoms with E-state index in [1.54, 1.807) is 6.20 Å². The van der Waals surface area contributed by atoms with E-state index in [0.29, 0.717) is 5.15 Å². The van der Waals surface area contributed by atoms with Crippen LogP contribution in [0.5, 0.6) is 5.75 Å². The minimum Gasteiger partial charge on any atom is -0.491 e. The number of rotatable bonds is 3. The van der Waals surface area contributed by atoms with Crippen LogP contribution >= 0.6 is 34.2 Å². The number of hydrogen-bond acceptors (Lipinski definition) is 2. The van der Waals surface area contributed by atoms with Gasteiger partial charge in [-0.1, -0.05) is 11.6 Å². The Kier molecular flexibility index (Phi) is 2.93. The predicted molar refractivity (Wildman–Crippen MR) is 60.2 cm³/mol. The summed E-state index contributed by atoms with van der Waals surface area (Å²) < 4.78 is 6.61. The molecule has 0 N–H and O–H groups in total. The standard InChI is InChI=1S/C9H9ClINO/c10-9-3-7(11)8(4-12-9)13-5-6-1-2-6/h3-4,6H,1-2,5H2. The average molecular weight is 310 g/mol. The van der Waals surface area contributed by atoms with Crippen LogP contribution in [-0.2, 0) is 0 Å². The summed E-state index contributed by atoms with van der Waals surface area (Å²) in [5.41, 5.74) is 0. The second kappa shape index (κ2) is 4.00. The van der Waals surface area contributed by atoms with Gasteiger partial charge in [-0.05, 0) is 47.4 Å². The number of aromatic nitrogens is 1. The molecule has 1 aliphatic carbocycles. The molecule has 0 amide bonds. The molecule has 0 bridgehead atoms. The molecule has 13 heavy (non-hydrogen) atoms. The van der Waals surface area contributed by atoms with E-state index < -0.39 is 0 Å². The van der Waals surface area contributed by atoms with E-state index in [1.165, 1.54) is 12.8 Å². The summed E-state index contributed by atoms with van der Waals surface area (Å²) in [6.07, 6.45) is 4.29. The lowest BCUT2D eigenvalue weighted by molar-refractivity contribution is 0.296. The molecule has 0 saturated heterocycles. The van der Waals surface area contributed by atoms with Gasteiger partial charge in [0.2, 0.25) is 0 Å². The second-order valence-corrected chi connectivity index (χ2v) is 4.74. The van der Waals surface area contributed by atoms with Gasteiger partial charge in [0.15, 0.2) is 5.75 Å². The van der Waals surface area contributed by atoms with Crippen molar-refractivity contribution in [2.45, 2.75) is 12.8 Å². The monoisotopic (exact) mass is 309 g/mol. The third-order valence-corrected chi connectivity index (χ3v) is 3.01. The first-order chi connectivity index (χ1) is 6.25. The van der Waals surface area contributed by atoms with E-state index in [9.17, 15) is 0 Å². The molecule has 1 aromatic heterocycles. The maximum atomic E-state index is 5.72. The highest BCUT2D eigenvalue weighted by molar-refractivity contribution is 14.1. The summed E-state index contributed by atoms with van der Waals surface area (Å²) in [6, 6.07) is 1.81. The van der Waals surface area contributed by atoms with Crippen LogP contribution in [-0.4, -0.2) is 11.6 Å². The lowest BCUT2D eigenvalue weighted by atomic mass is 10.4. The van der Waals surface area contributed by atoms with Crippen molar-refractivity contribution in [1.29, 1.82) is 0 Å². The second-order valence-electron chi connectivity index (χ2n) is 3.19. The zero-order chi connectivity index (χ0) is 9.26. The molecule has 0 aromatic carbocycles. The topological polar surface area (TPSA) is 22.1 Å². The van der Waals surface area contributed by atoms with Crippen LogP contribution in [0.15, 0.2) is 12.3 Å². The van der Waals surface area contributed by atoms with Crippen molar-refractivity contribution in [3.63, 3.8) is 0 Å². The Morgan fingerprint density at radius 3 is 3.00 bits per heavy atom. The van der Waals surface area contributed by atoms with Crippen molar-refractivity contribution in [3.8, 4) is 5.75 Å². The quantitative estimate of drug-likeness (QED) is 0.632. The minimum absolute atomic E-state index is 0.517. The van der Waals surface area contributed by atoms with Crippen molar-refractivity contribution < 1.29 is 4.74 Å². The van der Waals surface area contributed by atoms with Crippen LogP contribution in [0.1, 0.15) is 12.8 Å². The third kappa shape index (κ3) is 2.71. The molecule has 1 heterocycles. The van der Waals surface area contributed by atoms with Crippen LogP contribution < -0.4 is 4.74 Å². The first-order valence-electron chi connectivity index (χ1n) is 4.19. The molecule has 1 fully saturated rings. The molecule has 2 rings (SSSR count). The zero-order valence-corrected chi connectivity index (χ0v) is 9.88. The van der Waals surface area contributed by atoms with Gasteiger partial charge in [0.05, 0.1) is 16.4 Å². The Balaban J connectivity index is 2.01. The lowest BCUT2D eigenvalue weighted by Crippen LogP contribution is -2.00. The summed E-state index contributed by atoms with van der Waals surface area (Å²) in [5.74, 6) is 1.61. The fraction of sp³-hybridized carbons (Fsp3) is 0.444. The highest BCUT2D eigenvalue weighted by Gasteiger charge is 2.22. The fourth-order valence-corrected chi connectivity index (χ4v) is 1.93. The SMILES string of the molecule is Clc1cc(I)c(OCC2CC2)cn1. The van der Waals surface area contributed by atoms with Crippen LogP contribution in [0.25, 0.3) is 0 Å². The van der Waals surface area contributed by atoms with Crippen molar-refractivity contribution in [2.24, 2.45) is 5.92 Å². The van der Waals surface area contributed by atoms with Crippen molar-refractivity contribution in [2.75, 3.05) is 6.61 Å². The van der Waals surface area contributed by atoms with E-state index in [-0.39, 0.29) is 0 Å². The molecule has 0 spiro atoms. The fourth-order valence-electron chi connectivity index (χ4n) is 0.993. The number of pyridine rings is 1. The van der Waals surface area contributed by atoms with Gasteiger partial charge in [0.1, 0.15) is 5.15 Å². The van der Waals surface area contributed by atoms with Crippen LogP contribution in [0, 0.1) is 9.49 Å². The molecule has 0 aliphatic heterocycles. The van der Waals surface area contributed by atoms with E-state index in [2.05, 4.69) is 27.6 Å². The zero-order valence-electron chi connectivity index (χ0n) is 6.96. The largest absolute Gasteiger partial charge is 0.491 e. The van der Waals surface area contributed by atoms with Crippen LogP contribution in [0.4, 0.5) is 0 Å². The molecule has 4 heteroatoms. The summed E-state index contributed by atoms with van der Waals surface area (Å²) in [5, 5.41) is 0.517. The normalized spacial score (nSPS) is 15.8. The number of halogens is 2. The molecule has 0 unspecified atom stereocenters. The lowest BCUT2D eigenvalue weighted by Gasteiger charge is -2.06. The Hall–Kier alpha value is -0.0300. The summed E-state index contributed by atoms with van der Waals surface area (Å²) in [7, 11) is 0. The van der Waals surface area contributed by atoms with E-state index in [4.69, 9.17) is 16.3 Å². The van der Waals surface area contributed by atoms with E-state index in [1.807, 2.05) is 6.07 Å². The van der Waals surface area contributed by atoms with Crippen LogP contribution in [0.2, 0.25) is 5.15 Å². The maximum absolute atomic E-state index is 5.72. The minimum atomic E-state index is 0.517. The molecule has 1 aliphatic rings. The molecule has 0 radical (unpaired) electrons. The number of nitrogens with zero attached hydrogens (tertiary/aromatic N) is 1. The van der Waals surface area contributed by atoms with E-state index >= 15 is 0 Å². The van der Waals surface area contributed by atoms with Gasteiger partial charge < -0.3 is 4.74 Å². The van der Waals surface area contributed by atoms with Crippen molar-refractivity contribution in [1.82, 2.24) is 4.98 Å². The summed E-state index contributed by atoms with van der Waals surface area (Å²) in [4.78, 5) is 3.97. The first-order valence-corrected chi connectivity index (χ1v) is 5.65. The highest BCUT2D eigenvalue weighted by Crippen LogP contribution is 2.30. The van der Waals surface area contributed by atoms with Crippen molar-refractivity contribution in [3.05, 3.63) is 21.0 Å². The Bertz CT molecular complexity index is 314. The molecule has 2 nitrogen and oxygen atoms in total. The first kappa shape index (κ1) is 9.52. The Morgan fingerprint density at radius 2 is 2.38 bits per heavy atom. The molecule has 70 valence electrons. The summed E-state index contributed by atoms with van der Waals surface area (Å²) in [6.45, 7) is 0.819. The number of ether oxygens (including phenoxy) is 1. The molecular weight excluding hydrogens is 300 g/mol. The van der Waals surface area contributed by atoms with Crippen LogP contribution in [0.3, 0.4) is 0 Å². The number of hydrogen-bond donors (Lipinski definition) is 0. The van der Waals surface area contributed by atoms with Gasteiger partial charge in [-0.25, -0.2) is 4.98 Å². The Morgan fingerprint density at radius 1 is 1.62 bits per heavy atom. The van der Waals surface area contributed by atoms with Crippen molar-refractivity contribution >= 4 is 34.2 Å². The predicted octanol–water partition coefficient (Wildman–Crippen LogP) is 3.13. The molecule has 0 atom stereocenters. The van der Waals surface area contributed by atoms with Gasteiger partial charge in [-0.15, -0.1) is 0 Å². The van der Waals surface area contributed by atoms with E-state index in [0.717, 1.165) is 21.8 Å². The maximum Gasteiger partial charge on any atom is 0.151 e. The molecular formula is C9H9ClINO. The van der Waals surface area contributed by atoms with Gasteiger partial charge in [0, 0.05) is 0 Å². The molecule has 1 saturated carbocycles.